The van der Waals surface area contributed by atoms with Crippen molar-refractivity contribution in [2.75, 3.05) is 53.8 Å². The summed E-state index contributed by atoms with van der Waals surface area (Å²) in [4.78, 5) is 10.2. The summed E-state index contributed by atoms with van der Waals surface area (Å²) in [7, 11) is 3.15. The van der Waals surface area contributed by atoms with Crippen LogP contribution in [0.15, 0.2) is 0 Å². The van der Waals surface area contributed by atoms with Crippen molar-refractivity contribution in [3.05, 3.63) is 0 Å². The van der Waals surface area contributed by atoms with E-state index in [1.165, 1.54) is 5.23 Å². The molecule has 14 heavy (non-hydrogen) atoms. The molecule has 0 aromatic carbocycles. The van der Waals surface area contributed by atoms with Gasteiger partial charge in [-0.25, -0.2) is 5.11 Å². The zero-order valence-electron chi connectivity index (χ0n) is 8.73. The van der Waals surface area contributed by atoms with Crippen LogP contribution in [-0.4, -0.2) is 59.0 Å². The molecular weight excluding hydrogens is 190 g/mol. The van der Waals surface area contributed by atoms with Crippen LogP contribution in [0.1, 0.15) is 0 Å². The topological polar surface area (TPSA) is 60.1 Å². The third-order valence-corrected chi connectivity index (χ3v) is 1.32. The highest BCUT2D eigenvalue weighted by atomic mass is 16.9. The van der Waals surface area contributed by atoms with Crippen LogP contribution in [0.2, 0.25) is 0 Å². The van der Waals surface area contributed by atoms with Gasteiger partial charge in [-0.3, -0.25) is 9.68 Å². The van der Waals surface area contributed by atoms with E-state index in [2.05, 4.69) is 0 Å². The smallest absolute Gasteiger partial charge is 0.0997 e. The molecule has 1 radical (unpaired) electrons. The second-order valence-electron chi connectivity index (χ2n) is 2.41. The maximum absolute atomic E-state index is 10.3. The van der Waals surface area contributed by atoms with Gasteiger partial charge in [-0.05, 0) is 0 Å². The molecular formula is C8H18NO5. The van der Waals surface area contributed by atoms with Crippen molar-refractivity contribution in [2.45, 2.75) is 0 Å². The Labute approximate surface area is 84.2 Å². The number of methoxy groups -OCH3 is 2. The zero-order valence-corrected chi connectivity index (χ0v) is 8.73. The Morgan fingerprint density at radius 3 is 1.79 bits per heavy atom. The molecule has 85 valence electrons. The van der Waals surface area contributed by atoms with Crippen molar-refractivity contribution in [1.82, 2.24) is 5.23 Å². The summed E-state index contributed by atoms with van der Waals surface area (Å²) in [5.74, 6) is 0. The summed E-state index contributed by atoms with van der Waals surface area (Å²) < 4.78 is 9.57. The summed E-state index contributed by atoms with van der Waals surface area (Å²) in [6.07, 6.45) is 0. The maximum Gasteiger partial charge on any atom is 0.0997 e. The molecule has 0 fully saturated rings. The molecule has 0 spiro atoms. The Morgan fingerprint density at radius 2 is 1.43 bits per heavy atom. The fourth-order valence-electron chi connectivity index (χ4n) is 0.686. The van der Waals surface area contributed by atoms with Gasteiger partial charge in [0.2, 0.25) is 0 Å². The lowest BCUT2D eigenvalue weighted by molar-refractivity contribution is -0.374. The van der Waals surface area contributed by atoms with E-state index in [0.29, 0.717) is 26.4 Å². The summed E-state index contributed by atoms with van der Waals surface area (Å²) in [6, 6.07) is 0. The standard InChI is InChI=1S/C8H18NO5/c1-11-5-7-13-9(3-4-10)14-8-6-12-2/h3-8H2,1-2H3. The highest BCUT2D eigenvalue weighted by Crippen LogP contribution is 1.92. The molecule has 0 aliphatic heterocycles. The molecule has 0 aliphatic rings. The number of nitrogens with zero attached hydrogens (tertiary/aromatic N) is 1. The van der Waals surface area contributed by atoms with Crippen LogP contribution in [0.5, 0.6) is 0 Å². The first-order valence-corrected chi connectivity index (χ1v) is 4.44. The van der Waals surface area contributed by atoms with E-state index >= 15 is 0 Å². The third kappa shape index (κ3) is 8.36. The molecule has 6 nitrogen and oxygen atoms in total. The highest BCUT2D eigenvalue weighted by Gasteiger charge is 2.04. The van der Waals surface area contributed by atoms with Gasteiger partial charge >= 0.3 is 0 Å². The first kappa shape index (κ1) is 13.8. The van der Waals surface area contributed by atoms with E-state index < -0.39 is 0 Å². The first-order valence-electron chi connectivity index (χ1n) is 4.44. The molecule has 0 saturated heterocycles. The van der Waals surface area contributed by atoms with Gasteiger partial charge in [-0.15, -0.1) is 0 Å². The Morgan fingerprint density at radius 1 is 0.929 bits per heavy atom. The average molecular weight is 208 g/mol. The fraction of sp³-hybridized carbons (Fsp3) is 1.00. The molecule has 6 heteroatoms. The Kier molecular flexibility index (Phi) is 10.7. The van der Waals surface area contributed by atoms with Gasteiger partial charge in [0.15, 0.2) is 0 Å². The van der Waals surface area contributed by atoms with E-state index in [0.717, 1.165) is 0 Å². The minimum absolute atomic E-state index is 0.188. The highest BCUT2D eigenvalue weighted by molar-refractivity contribution is 4.31. The quantitative estimate of drug-likeness (QED) is 0.370. The van der Waals surface area contributed by atoms with Crippen LogP contribution < -0.4 is 0 Å². The molecule has 0 unspecified atom stereocenters. The number of hydrogen-bond donors (Lipinski definition) is 0. The summed E-state index contributed by atoms with van der Waals surface area (Å²) >= 11 is 0. The van der Waals surface area contributed by atoms with Gasteiger partial charge in [0, 0.05) is 14.2 Å². The minimum Gasteiger partial charge on any atom is -0.382 e. The monoisotopic (exact) mass is 208 g/mol. The molecule has 0 N–H and O–H groups in total. The molecule has 0 heterocycles. The van der Waals surface area contributed by atoms with Crippen molar-refractivity contribution in [3.8, 4) is 0 Å². The molecule has 0 saturated carbocycles. The molecule has 0 aliphatic carbocycles. The summed E-state index contributed by atoms with van der Waals surface area (Å²) in [5.41, 5.74) is 0. The van der Waals surface area contributed by atoms with Gasteiger partial charge in [-0.1, -0.05) is 5.23 Å². The van der Waals surface area contributed by atoms with Crippen molar-refractivity contribution in [2.24, 2.45) is 0 Å². The van der Waals surface area contributed by atoms with Gasteiger partial charge in [0.1, 0.15) is 0 Å². The molecule has 0 aromatic heterocycles. The number of ether oxygens (including phenoxy) is 2. The van der Waals surface area contributed by atoms with Crippen LogP contribution in [-0.2, 0) is 24.3 Å². The normalized spacial score (nSPS) is 11.1. The average Bonchev–Trinajstić information content (AvgIpc) is 2.18. The molecule has 0 aromatic rings. The lowest BCUT2D eigenvalue weighted by Gasteiger charge is -2.19. The lowest BCUT2D eigenvalue weighted by atomic mass is 10.7. The lowest BCUT2D eigenvalue weighted by Crippen LogP contribution is -2.30. The van der Waals surface area contributed by atoms with Gasteiger partial charge in [0.05, 0.1) is 39.6 Å². The summed E-state index contributed by atoms with van der Waals surface area (Å²) in [5, 5.41) is 11.5. The molecule has 0 rings (SSSR count). The third-order valence-electron chi connectivity index (χ3n) is 1.32. The van der Waals surface area contributed by atoms with Crippen molar-refractivity contribution >= 4 is 0 Å². The van der Waals surface area contributed by atoms with E-state index in [-0.39, 0.29) is 13.2 Å². The molecule has 0 bridgehead atoms. The Hall–Kier alpha value is -0.240. The van der Waals surface area contributed by atoms with Crippen molar-refractivity contribution in [1.29, 1.82) is 0 Å². The second-order valence-corrected chi connectivity index (χ2v) is 2.41. The molecule has 0 amide bonds. The van der Waals surface area contributed by atoms with Gasteiger partial charge in [0.25, 0.3) is 0 Å². The first-order chi connectivity index (χ1) is 6.85. The predicted octanol–water partition coefficient (Wildman–Crippen LogP) is -0.125. The largest absolute Gasteiger partial charge is 0.382 e. The maximum atomic E-state index is 10.3. The van der Waals surface area contributed by atoms with E-state index in [1.54, 1.807) is 14.2 Å². The SMILES string of the molecule is COCCON(CC[O])OCCOC. The van der Waals surface area contributed by atoms with Crippen LogP contribution >= 0.6 is 0 Å². The Balaban J connectivity index is 3.44. The Bertz CT molecular complexity index is 104. The predicted molar refractivity (Wildman–Crippen MR) is 47.9 cm³/mol. The van der Waals surface area contributed by atoms with Gasteiger partial charge in [-0.2, -0.15) is 0 Å². The number of hydrogen-bond acceptors (Lipinski definition) is 5. The van der Waals surface area contributed by atoms with Crippen LogP contribution in [0.4, 0.5) is 0 Å². The van der Waals surface area contributed by atoms with Crippen molar-refractivity contribution < 1.29 is 24.3 Å². The zero-order chi connectivity index (χ0) is 10.6. The van der Waals surface area contributed by atoms with Crippen LogP contribution in [0.25, 0.3) is 0 Å². The fourth-order valence-corrected chi connectivity index (χ4v) is 0.686. The van der Waals surface area contributed by atoms with E-state index in [4.69, 9.17) is 19.1 Å². The minimum atomic E-state index is -0.278. The van der Waals surface area contributed by atoms with E-state index in [9.17, 15) is 5.11 Å². The molecule has 0 atom stereocenters. The van der Waals surface area contributed by atoms with Crippen molar-refractivity contribution in [3.63, 3.8) is 0 Å². The van der Waals surface area contributed by atoms with Crippen LogP contribution in [0, 0.1) is 0 Å². The van der Waals surface area contributed by atoms with E-state index in [1.807, 2.05) is 0 Å². The van der Waals surface area contributed by atoms with Gasteiger partial charge < -0.3 is 9.47 Å². The van der Waals surface area contributed by atoms with Crippen LogP contribution in [0.3, 0.4) is 0 Å². The number of rotatable bonds is 10. The number of hydroxylamine groups is 2. The second kappa shape index (κ2) is 10.8. The summed E-state index contributed by atoms with van der Waals surface area (Å²) in [6.45, 7) is 1.56.